The molecule has 3 unspecified atom stereocenters. The SMILES string of the molecule is CCN1CC(NC2=C3C=CN=C3CN=C2C(=O)c2ccc(Oc3ccccc3)cc2Cl)CCC1C(C)O. The van der Waals surface area contributed by atoms with Gasteiger partial charge in [0.05, 0.1) is 29.1 Å². The Bertz CT molecular complexity index is 1300. The summed E-state index contributed by atoms with van der Waals surface area (Å²) in [5.41, 5.74) is 3.18. The fraction of sp³-hybridized carbons (Fsp3) is 0.345. The summed E-state index contributed by atoms with van der Waals surface area (Å²) in [7, 11) is 0. The van der Waals surface area contributed by atoms with E-state index in [1.54, 1.807) is 24.4 Å². The quantitative estimate of drug-likeness (QED) is 0.489. The van der Waals surface area contributed by atoms with Gasteiger partial charge in [-0.1, -0.05) is 36.7 Å². The molecule has 37 heavy (non-hydrogen) atoms. The molecule has 1 saturated heterocycles. The van der Waals surface area contributed by atoms with E-state index in [1.165, 1.54) is 0 Å². The van der Waals surface area contributed by atoms with Gasteiger partial charge in [-0.05, 0) is 56.7 Å². The van der Waals surface area contributed by atoms with Gasteiger partial charge >= 0.3 is 0 Å². The Morgan fingerprint density at radius 3 is 2.76 bits per heavy atom. The molecule has 3 aliphatic heterocycles. The van der Waals surface area contributed by atoms with Crippen molar-refractivity contribution < 1.29 is 14.6 Å². The van der Waals surface area contributed by atoms with Gasteiger partial charge in [-0.15, -0.1) is 0 Å². The van der Waals surface area contributed by atoms with Crippen molar-refractivity contribution in [2.24, 2.45) is 9.98 Å². The summed E-state index contributed by atoms with van der Waals surface area (Å²) in [5, 5.41) is 14.1. The van der Waals surface area contributed by atoms with E-state index in [2.05, 4.69) is 27.1 Å². The summed E-state index contributed by atoms with van der Waals surface area (Å²) >= 11 is 6.58. The molecule has 0 radical (unpaired) electrons. The van der Waals surface area contributed by atoms with E-state index in [4.69, 9.17) is 16.3 Å². The number of carbonyl (C=O) groups excluding carboxylic acids is 1. The minimum Gasteiger partial charge on any atom is -0.457 e. The highest BCUT2D eigenvalue weighted by atomic mass is 35.5. The zero-order valence-corrected chi connectivity index (χ0v) is 21.8. The van der Waals surface area contributed by atoms with Gasteiger partial charge in [0.25, 0.3) is 0 Å². The number of carbonyl (C=O) groups is 1. The third kappa shape index (κ3) is 5.39. The molecule has 3 aliphatic rings. The smallest absolute Gasteiger partial charge is 0.214 e. The number of nitrogens with one attached hydrogen (secondary N) is 1. The fourth-order valence-electron chi connectivity index (χ4n) is 5.20. The number of para-hydroxylation sites is 1. The normalized spacial score (nSPS) is 22.3. The van der Waals surface area contributed by atoms with Crippen LogP contribution in [0.15, 0.2) is 82.1 Å². The van der Waals surface area contributed by atoms with E-state index in [0.717, 1.165) is 37.2 Å². The Morgan fingerprint density at radius 2 is 2.03 bits per heavy atom. The monoisotopic (exact) mass is 518 g/mol. The van der Waals surface area contributed by atoms with Gasteiger partial charge in [0.15, 0.2) is 0 Å². The van der Waals surface area contributed by atoms with Gasteiger partial charge in [0, 0.05) is 42.0 Å². The average Bonchev–Trinajstić information content (AvgIpc) is 3.38. The number of fused-ring (bicyclic) bond motifs is 1. The van der Waals surface area contributed by atoms with Gasteiger partial charge in [0.2, 0.25) is 5.78 Å². The molecule has 1 fully saturated rings. The highest BCUT2D eigenvalue weighted by Crippen LogP contribution is 2.30. The highest BCUT2D eigenvalue weighted by molar-refractivity contribution is 6.55. The van der Waals surface area contributed by atoms with Crippen LogP contribution in [0.1, 0.15) is 37.0 Å². The molecule has 0 saturated carbocycles. The predicted molar refractivity (Wildman–Crippen MR) is 147 cm³/mol. The number of rotatable bonds is 8. The van der Waals surface area contributed by atoms with E-state index in [9.17, 15) is 9.90 Å². The number of nitrogens with zero attached hydrogens (tertiary/aromatic N) is 3. The van der Waals surface area contributed by atoms with Crippen LogP contribution in [0.3, 0.4) is 0 Å². The first-order valence-electron chi connectivity index (χ1n) is 12.7. The van der Waals surface area contributed by atoms with Crippen molar-refractivity contribution in [1.82, 2.24) is 10.2 Å². The number of likely N-dealkylation sites (N-methyl/N-ethyl adjacent to an activating group) is 1. The van der Waals surface area contributed by atoms with E-state index < -0.39 is 0 Å². The number of Topliss-reactive ketones (excluding diaryl/α,β-unsaturated/α-hetero) is 1. The number of aliphatic hydroxyl groups excluding tert-OH is 1. The molecular formula is C29H31ClN4O3. The first-order chi connectivity index (χ1) is 17.9. The van der Waals surface area contributed by atoms with Gasteiger partial charge < -0.3 is 15.2 Å². The van der Waals surface area contributed by atoms with Gasteiger partial charge in [-0.2, -0.15) is 0 Å². The summed E-state index contributed by atoms with van der Waals surface area (Å²) in [5.74, 6) is 1.00. The first kappa shape index (κ1) is 25.4. The molecule has 0 aliphatic carbocycles. The molecule has 2 N–H and O–H groups in total. The lowest BCUT2D eigenvalue weighted by Gasteiger charge is -2.41. The van der Waals surface area contributed by atoms with E-state index in [1.807, 2.05) is 43.3 Å². The number of allylic oxidation sites excluding steroid dienone is 2. The van der Waals surface area contributed by atoms with Crippen LogP contribution in [0.4, 0.5) is 0 Å². The van der Waals surface area contributed by atoms with Gasteiger partial charge in [-0.3, -0.25) is 19.7 Å². The molecule has 3 atom stereocenters. The number of hydrogen-bond donors (Lipinski definition) is 2. The minimum absolute atomic E-state index is 0.112. The number of likely N-dealkylation sites (tertiary alicyclic amines) is 1. The Balaban J connectivity index is 1.38. The summed E-state index contributed by atoms with van der Waals surface area (Å²) < 4.78 is 5.87. The second kappa shape index (κ2) is 11.0. The Labute approximate surface area is 222 Å². The largest absolute Gasteiger partial charge is 0.457 e. The second-order valence-corrected chi connectivity index (χ2v) is 9.95. The molecule has 2 aromatic carbocycles. The van der Waals surface area contributed by atoms with E-state index >= 15 is 0 Å². The summed E-state index contributed by atoms with van der Waals surface area (Å²) in [6.45, 7) is 5.92. The Morgan fingerprint density at radius 1 is 1.22 bits per heavy atom. The van der Waals surface area contributed by atoms with Crippen LogP contribution in [0, 0.1) is 0 Å². The molecule has 0 aromatic heterocycles. The van der Waals surface area contributed by atoms with Gasteiger partial charge in [0.1, 0.15) is 17.2 Å². The number of ketones is 1. The molecule has 0 bridgehead atoms. The topological polar surface area (TPSA) is 86.5 Å². The molecule has 8 heteroatoms. The van der Waals surface area contributed by atoms with Crippen LogP contribution in [-0.2, 0) is 0 Å². The maximum Gasteiger partial charge on any atom is 0.214 e. The number of ether oxygens (including phenoxy) is 1. The molecule has 192 valence electrons. The minimum atomic E-state index is -0.385. The third-order valence-electron chi connectivity index (χ3n) is 7.10. The highest BCUT2D eigenvalue weighted by Gasteiger charge is 2.34. The lowest BCUT2D eigenvalue weighted by molar-refractivity contribution is 0.0305. The van der Waals surface area contributed by atoms with Crippen molar-refractivity contribution in [3.63, 3.8) is 0 Å². The van der Waals surface area contributed by atoms with Crippen LogP contribution >= 0.6 is 11.6 Å². The zero-order valence-electron chi connectivity index (χ0n) is 21.0. The van der Waals surface area contributed by atoms with Crippen LogP contribution < -0.4 is 10.1 Å². The number of halogens is 1. The first-order valence-corrected chi connectivity index (χ1v) is 13.1. The average molecular weight is 519 g/mol. The van der Waals surface area contributed by atoms with Crippen LogP contribution in [0.25, 0.3) is 0 Å². The van der Waals surface area contributed by atoms with Gasteiger partial charge in [-0.25, -0.2) is 0 Å². The van der Waals surface area contributed by atoms with Crippen LogP contribution in [0.2, 0.25) is 5.02 Å². The van der Waals surface area contributed by atoms with Crippen LogP contribution in [0.5, 0.6) is 11.5 Å². The molecular weight excluding hydrogens is 488 g/mol. The predicted octanol–water partition coefficient (Wildman–Crippen LogP) is 4.82. The molecule has 0 amide bonds. The van der Waals surface area contributed by atoms with Crippen molar-refractivity contribution in [2.45, 2.75) is 44.9 Å². The fourth-order valence-corrected chi connectivity index (χ4v) is 5.46. The third-order valence-corrected chi connectivity index (χ3v) is 7.41. The Kier molecular flexibility index (Phi) is 7.55. The lowest BCUT2D eigenvalue weighted by atomic mass is 9.92. The standard InChI is InChI=1S/C29H31ClN4O3/c1-3-34-17-19(9-12-26(34)18(2)35)33-27-23-13-14-31-25(23)16-32-28(27)29(36)22-11-10-21(15-24(22)30)37-20-7-5-4-6-8-20/h4-8,10-11,13-15,18-19,26,33,35H,3,9,12,16-17H2,1-2H3. The molecule has 0 spiro atoms. The number of dihydropyridines is 1. The van der Waals surface area contributed by atoms with Crippen molar-refractivity contribution in [3.8, 4) is 11.5 Å². The zero-order chi connectivity index (χ0) is 25.9. The maximum atomic E-state index is 13.8. The molecule has 3 heterocycles. The second-order valence-electron chi connectivity index (χ2n) is 9.55. The number of benzene rings is 2. The van der Waals surface area contributed by atoms with E-state index in [0.29, 0.717) is 40.0 Å². The van der Waals surface area contributed by atoms with Crippen molar-refractivity contribution >= 4 is 28.8 Å². The molecule has 5 rings (SSSR count). The number of aliphatic imine (C=N–C) groups is 2. The molecule has 2 aromatic rings. The van der Waals surface area contributed by atoms with Crippen LogP contribution in [-0.4, -0.2) is 65.0 Å². The van der Waals surface area contributed by atoms with E-state index in [-0.39, 0.29) is 24.0 Å². The summed E-state index contributed by atoms with van der Waals surface area (Å²) in [6.07, 6.45) is 5.05. The maximum absolute atomic E-state index is 13.8. The number of aliphatic hydroxyl groups is 1. The Hall–Kier alpha value is -3.26. The molecule has 7 nitrogen and oxygen atoms in total. The summed E-state index contributed by atoms with van der Waals surface area (Å²) in [6, 6.07) is 14.8. The summed E-state index contributed by atoms with van der Waals surface area (Å²) in [4.78, 5) is 25.1. The lowest BCUT2D eigenvalue weighted by Crippen LogP contribution is -2.54. The van der Waals surface area contributed by atoms with Crippen molar-refractivity contribution in [2.75, 3.05) is 19.6 Å². The van der Waals surface area contributed by atoms with Crippen molar-refractivity contribution in [3.05, 3.63) is 82.7 Å². The van der Waals surface area contributed by atoms with Crippen molar-refractivity contribution in [1.29, 1.82) is 0 Å². The number of hydrogen-bond acceptors (Lipinski definition) is 7. The number of piperidine rings is 1.